The average Bonchev–Trinajstić information content (AvgIpc) is 2.64. The first-order valence-corrected chi connectivity index (χ1v) is 8.92. The topological polar surface area (TPSA) is 81.5 Å². The van der Waals surface area contributed by atoms with E-state index in [-0.39, 0.29) is 16.3 Å². The monoisotopic (exact) mass is 454 g/mol. The maximum Gasteiger partial charge on any atom is 0.422 e. The number of nitro benzene ring substituents is 1. The van der Waals surface area contributed by atoms with Crippen LogP contribution in [0.3, 0.4) is 0 Å². The second kappa shape index (κ2) is 9.24. The predicted octanol–water partition coefficient (Wildman–Crippen LogP) is 5.29. The lowest BCUT2D eigenvalue weighted by Gasteiger charge is -2.13. The number of carbonyl (C=O) groups is 1. The van der Waals surface area contributed by atoms with Gasteiger partial charge in [0.05, 0.1) is 26.8 Å². The molecule has 0 bridgehead atoms. The van der Waals surface area contributed by atoms with Crippen LogP contribution in [-0.4, -0.2) is 29.4 Å². The summed E-state index contributed by atoms with van der Waals surface area (Å²) in [5, 5.41) is 13.3. The lowest BCUT2D eigenvalue weighted by Crippen LogP contribution is -2.20. The molecule has 0 aliphatic rings. The highest BCUT2D eigenvalue weighted by Crippen LogP contribution is 2.36. The number of rotatable bonds is 7. The summed E-state index contributed by atoms with van der Waals surface area (Å²) >= 11 is 0.604. The van der Waals surface area contributed by atoms with Gasteiger partial charge in [-0.05, 0) is 24.3 Å². The Balaban J connectivity index is 2.08. The number of nitro groups is 1. The first-order valence-electron chi connectivity index (χ1n) is 7.93. The second-order valence-electron chi connectivity index (χ2n) is 5.67. The van der Waals surface area contributed by atoms with Gasteiger partial charge in [0.2, 0.25) is 5.91 Å². The zero-order chi connectivity index (χ0) is 22.5. The van der Waals surface area contributed by atoms with E-state index in [0.717, 1.165) is 6.07 Å². The zero-order valence-electron chi connectivity index (χ0n) is 14.7. The molecule has 162 valence electrons. The number of para-hydroxylation sites is 2. The molecule has 2 rings (SSSR count). The Morgan fingerprint density at radius 1 is 1.10 bits per heavy atom. The molecule has 0 unspecified atom stereocenters. The van der Waals surface area contributed by atoms with Gasteiger partial charge in [-0.2, -0.15) is 26.3 Å². The van der Waals surface area contributed by atoms with Crippen LogP contribution in [0.5, 0.6) is 5.75 Å². The van der Waals surface area contributed by atoms with Crippen molar-refractivity contribution in [3.63, 3.8) is 0 Å². The Labute approximate surface area is 169 Å². The van der Waals surface area contributed by atoms with Crippen molar-refractivity contribution < 1.29 is 40.8 Å². The van der Waals surface area contributed by atoms with Gasteiger partial charge in [0.1, 0.15) is 5.75 Å². The smallest absolute Gasteiger partial charge is 0.422 e. The van der Waals surface area contributed by atoms with Crippen molar-refractivity contribution >= 4 is 29.0 Å². The van der Waals surface area contributed by atoms with Crippen molar-refractivity contribution in [2.45, 2.75) is 17.2 Å². The molecule has 0 radical (unpaired) electrons. The normalized spacial score (nSPS) is 11.8. The third-order valence-corrected chi connectivity index (χ3v) is 4.46. The van der Waals surface area contributed by atoms with Crippen molar-refractivity contribution in [1.82, 2.24) is 0 Å². The third kappa shape index (κ3) is 6.83. The fraction of sp³-hybridized carbons (Fsp3) is 0.235. The summed E-state index contributed by atoms with van der Waals surface area (Å²) in [7, 11) is 0. The number of halogens is 6. The van der Waals surface area contributed by atoms with E-state index in [2.05, 4.69) is 10.1 Å². The Hall–Kier alpha value is -2.96. The number of alkyl halides is 6. The number of thioether (sulfide) groups is 1. The summed E-state index contributed by atoms with van der Waals surface area (Å²) in [6.07, 6.45) is -9.36. The maximum atomic E-state index is 12.7. The van der Waals surface area contributed by atoms with Crippen LogP contribution in [0.1, 0.15) is 5.56 Å². The standard InChI is InChI=1S/C17H12F6N2O4S/c18-16(19,20)9-29-13-4-2-1-3-11(13)24-15(26)8-30-14-6-5-10(17(21,22)23)7-12(14)25(27)28/h1-7H,8-9H2,(H,24,26). The van der Waals surface area contributed by atoms with Crippen molar-refractivity contribution in [3.05, 3.63) is 58.1 Å². The van der Waals surface area contributed by atoms with Crippen LogP contribution in [-0.2, 0) is 11.0 Å². The number of amides is 1. The van der Waals surface area contributed by atoms with E-state index in [1.165, 1.54) is 24.3 Å². The van der Waals surface area contributed by atoms with Crippen molar-refractivity contribution in [3.8, 4) is 5.75 Å². The number of benzene rings is 2. The van der Waals surface area contributed by atoms with Gasteiger partial charge < -0.3 is 10.1 Å². The lowest BCUT2D eigenvalue weighted by atomic mass is 10.2. The summed E-state index contributed by atoms with van der Waals surface area (Å²) in [4.78, 5) is 22.0. The van der Waals surface area contributed by atoms with Gasteiger partial charge in [-0.3, -0.25) is 14.9 Å². The summed E-state index contributed by atoms with van der Waals surface area (Å²) in [6.45, 7) is -1.58. The third-order valence-electron chi connectivity index (χ3n) is 3.39. The molecule has 0 heterocycles. The van der Waals surface area contributed by atoms with Gasteiger partial charge in [-0.15, -0.1) is 11.8 Å². The minimum absolute atomic E-state index is 0.0609. The molecule has 0 atom stereocenters. The number of carbonyl (C=O) groups excluding carboxylic acids is 1. The number of hydrogen-bond acceptors (Lipinski definition) is 5. The highest BCUT2D eigenvalue weighted by atomic mass is 32.2. The Kier molecular flexibility index (Phi) is 7.18. The van der Waals surface area contributed by atoms with Gasteiger partial charge in [0.15, 0.2) is 6.61 Å². The quantitative estimate of drug-likeness (QED) is 0.266. The molecule has 1 amide bonds. The molecule has 0 aliphatic heterocycles. The molecular weight excluding hydrogens is 442 g/mol. The molecule has 0 aromatic heterocycles. The number of anilines is 1. The lowest BCUT2D eigenvalue weighted by molar-refractivity contribution is -0.388. The Morgan fingerprint density at radius 3 is 2.37 bits per heavy atom. The molecule has 0 saturated carbocycles. The van der Waals surface area contributed by atoms with E-state index in [9.17, 15) is 41.3 Å². The molecule has 0 spiro atoms. The van der Waals surface area contributed by atoms with Crippen molar-refractivity contribution in [2.24, 2.45) is 0 Å². The Bertz CT molecular complexity index is 933. The summed E-state index contributed by atoms with van der Waals surface area (Å²) in [5.41, 5.74) is -2.09. The van der Waals surface area contributed by atoms with Crippen LogP contribution in [0.2, 0.25) is 0 Å². The molecule has 30 heavy (non-hydrogen) atoms. The van der Waals surface area contributed by atoms with E-state index < -0.39 is 46.8 Å². The molecule has 1 N–H and O–H groups in total. The molecule has 6 nitrogen and oxygen atoms in total. The number of hydrogen-bond donors (Lipinski definition) is 1. The SMILES string of the molecule is O=C(CSc1ccc(C(F)(F)F)cc1[N+](=O)[O-])Nc1ccccc1OCC(F)(F)F. The van der Waals surface area contributed by atoms with E-state index >= 15 is 0 Å². The van der Waals surface area contributed by atoms with Gasteiger partial charge in [-0.1, -0.05) is 12.1 Å². The first kappa shape index (κ1) is 23.3. The average molecular weight is 454 g/mol. The highest BCUT2D eigenvalue weighted by molar-refractivity contribution is 8.00. The van der Waals surface area contributed by atoms with Gasteiger partial charge in [-0.25, -0.2) is 0 Å². The summed E-state index contributed by atoms with van der Waals surface area (Å²) in [6, 6.07) is 7.20. The number of nitrogens with one attached hydrogen (secondary N) is 1. The minimum atomic E-state index is -4.77. The van der Waals surface area contributed by atoms with Crippen LogP contribution in [0, 0.1) is 10.1 Å². The van der Waals surface area contributed by atoms with Crippen molar-refractivity contribution in [2.75, 3.05) is 17.7 Å². The van der Waals surface area contributed by atoms with Crippen molar-refractivity contribution in [1.29, 1.82) is 0 Å². The molecule has 2 aromatic carbocycles. The van der Waals surface area contributed by atoms with E-state index in [4.69, 9.17) is 0 Å². The first-order chi connectivity index (χ1) is 13.9. The number of ether oxygens (including phenoxy) is 1. The van der Waals surface area contributed by atoms with Gasteiger partial charge >= 0.3 is 12.4 Å². The number of nitrogens with zero attached hydrogens (tertiary/aromatic N) is 1. The molecule has 0 fully saturated rings. The summed E-state index contributed by atoms with van der Waals surface area (Å²) in [5.74, 6) is -1.44. The van der Waals surface area contributed by atoms with Gasteiger partial charge in [0.25, 0.3) is 5.69 Å². The zero-order valence-corrected chi connectivity index (χ0v) is 15.5. The molecule has 0 aliphatic carbocycles. The Morgan fingerprint density at radius 2 is 1.77 bits per heavy atom. The predicted molar refractivity (Wildman–Crippen MR) is 95.4 cm³/mol. The maximum absolute atomic E-state index is 12.7. The van der Waals surface area contributed by atoms with E-state index in [1.807, 2.05) is 0 Å². The summed E-state index contributed by atoms with van der Waals surface area (Å²) < 4.78 is 79.7. The minimum Gasteiger partial charge on any atom is -0.482 e. The highest BCUT2D eigenvalue weighted by Gasteiger charge is 2.33. The molecule has 0 saturated heterocycles. The fourth-order valence-corrected chi connectivity index (χ4v) is 2.95. The van der Waals surface area contributed by atoms with Crippen LogP contribution in [0.25, 0.3) is 0 Å². The van der Waals surface area contributed by atoms with Crippen LogP contribution in [0.4, 0.5) is 37.7 Å². The second-order valence-corrected chi connectivity index (χ2v) is 6.69. The van der Waals surface area contributed by atoms with E-state index in [0.29, 0.717) is 23.9 Å². The largest absolute Gasteiger partial charge is 0.482 e. The van der Waals surface area contributed by atoms with E-state index in [1.54, 1.807) is 0 Å². The fourth-order valence-electron chi connectivity index (χ4n) is 2.14. The van der Waals surface area contributed by atoms with Crippen LogP contribution in [0.15, 0.2) is 47.4 Å². The molecular formula is C17H12F6N2O4S. The van der Waals surface area contributed by atoms with Crippen LogP contribution < -0.4 is 10.1 Å². The van der Waals surface area contributed by atoms with Gasteiger partial charge in [0, 0.05) is 6.07 Å². The van der Waals surface area contributed by atoms with Crippen LogP contribution >= 0.6 is 11.8 Å². The molecule has 13 heteroatoms. The molecule has 2 aromatic rings.